The van der Waals surface area contributed by atoms with Gasteiger partial charge in [0.1, 0.15) is 0 Å². The van der Waals surface area contributed by atoms with Gasteiger partial charge in [-0.2, -0.15) is 0 Å². The van der Waals surface area contributed by atoms with Crippen molar-refractivity contribution < 1.29 is 19.2 Å². The molecule has 0 bridgehead atoms. The highest BCUT2D eigenvalue weighted by Crippen LogP contribution is 2.31. The summed E-state index contributed by atoms with van der Waals surface area (Å²) in [5, 5.41) is 6.99. The van der Waals surface area contributed by atoms with E-state index in [0.29, 0.717) is 11.5 Å². The van der Waals surface area contributed by atoms with E-state index in [2.05, 4.69) is 52.2 Å². The van der Waals surface area contributed by atoms with Gasteiger partial charge in [0.2, 0.25) is 5.91 Å². The Labute approximate surface area is 293 Å². The van der Waals surface area contributed by atoms with Crippen molar-refractivity contribution in [3.05, 3.63) is 35.4 Å². The summed E-state index contributed by atoms with van der Waals surface area (Å²) >= 11 is 0. The topological polar surface area (TPSA) is 98.8 Å². The Kier molecular flexibility index (Phi) is 15.7. The number of ketones is 2. The molecule has 274 valence electrons. The Hall–Kier alpha value is -2.58. The number of hydrogen-bond acceptors (Lipinski definition) is 6. The molecule has 2 amide bonds. The number of Topliss-reactive ketones (excluding diaryl/α,β-unsaturated/α-hetero) is 2. The summed E-state index contributed by atoms with van der Waals surface area (Å²) in [6.45, 7) is 29.7. The monoisotopic (exact) mass is 671 g/mol. The van der Waals surface area contributed by atoms with E-state index in [-0.39, 0.29) is 46.4 Å². The SMILES string of the molecule is CC(C(=O)C(C)(C)C)N(C)C(=O)C1CCC(CNC(C)(C)C)CC1.CC(C(=O)C(C)(C)C)N(C)C(=O)c1ccc(CNC(C)(C)C)cc1. The van der Waals surface area contributed by atoms with Gasteiger partial charge >= 0.3 is 0 Å². The standard InChI is InChI=1S/C20H38N2O2.C20H32N2O2/c2*1-14(17(23)19(2,3)4)22(8)18(24)16-11-9-15(10-12-16)13-21-20(5,6)7/h14-16,21H,9-13H2,1-8H3;9-12,14,21H,13H2,1-8H3. The van der Waals surface area contributed by atoms with Crippen LogP contribution in [0.3, 0.4) is 0 Å². The predicted molar refractivity (Wildman–Crippen MR) is 199 cm³/mol. The maximum Gasteiger partial charge on any atom is 0.254 e. The maximum atomic E-state index is 12.8. The number of likely N-dealkylation sites (N-methyl/N-ethyl adjacent to an activating group) is 2. The molecule has 8 nitrogen and oxygen atoms in total. The van der Waals surface area contributed by atoms with Crippen LogP contribution in [0.15, 0.2) is 24.3 Å². The molecule has 1 aromatic rings. The quantitative estimate of drug-likeness (QED) is 0.271. The zero-order chi connectivity index (χ0) is 37.4. The maximum absolute atomic E-state index is 12.8. The highest BCUT2D eigenvalue weighted by molar-refractivity contribution is 5.98. The number of benzene rings is 1. The summed E-state index contributed by atoms with van der Waals surface area (Å²) in [5.74, 6) is 0.937. The number of carbonyl (C=O) groups is 4. The smallest absolute Gasteiger partial charge is 0.254 e. The first-order valence-electron chi connectivity index (χ1n) is 17.9. The molecule has 48 heavy (non-hydrogen) atoms. The van der Waals surface area contributed by atoms with Gasteiger partial charge in [-0.25, -0.2) is 0 Å². The number of nitrogens with one attached hydrogen (secondary N) is 2. The van der Waals surface area contributed by atoms with Crippen LogP contribution in [0, 0.1) is 22.7 Å². The van der Waals surface area contributed by atoms with Gasteiger partial charge in [-0.3, -0.25) is 19.2 Å². The Balaban J connectivity index is 0.000000480. The minimum Gasteiger partial charge on any atom is -0.336 e. The fraction of sp³-hybridized carbons (Fsp3) is 0.750. The van der Waals surface area contributed by atoms with Gasteiger partial charge in [0.05, 0.1) is 12.1 Å². The molecule has 0 spiro atoms. The van der Waals surface area contributed by atoms with Crippen LogP contribution in [0.5, 0.6) is 0 Å². The second-order valence-corrected chi connectivity index (χ2v) is 18.1. The summed E-state index contributed by atoms with van der Waals surface area (Å²) in [6, 6.07) is 6.77. The van der Waals surface area contributed by atoms with Crippen molar-refractivity contribution >= 4 is 23.4 Å². The molecule has 2 unspecified atom stereocenters. The lowest BCUT2D eigenvalue weighted by Gasteiger charge is -2.35. The second-order valence-electron chi connectivity index (χ2n) is 18.1. The van der Waals surface area contributed by atoms with Crippen LogP contribution in [0.2, 0.25) is 0 Å². The molecule has 1 fully saturated rings. The number of carbonyl (C=O) groups excluding carboxylic acids is 4. The Bertz CT molecular complexity index is 1200. The van der Waals surface area contributed by atoms with E-state index in [1.54, 1.807) is 25.9 Å². The molecule has 1 saturated carbocycles. The van der Waals surface area contributed by atoms with E-state index in [4.69, 9.17) is 0 Å². The van der Waals surface area contributed by atoms with Crippen LogP contribution >= 0.6 is 0 Å². The van der Waals surface area contributed by atoms with Gasteiger partial charge in [-0.1, -0.05) is 53.7 Å². The lowest BCUT2D eigenvalue weighted by Crippen LogP contribution is -2.47. The predicted octanol–water partition coefficient (Wildman–Crippen LogP) is 7.29. The van der Waals surface area contributed by atoms with E-state index in [1.807, 2.05) is 72.7 Å². The van der Waals surface area contributed by atoms with Crippen molar-refractivity contribution in [3.8, 4) is 0 Å². The van der Waals surface area contributed by atoms with Crippen molar-refractivity contribution in [2.45, 2.75) is 152 Å². The van der Waals surface area contributed by atoms with E-state index >= 15 is 0 Å². The lowest BCUT2D eigenvalue weighted by atomic mass is 9.80. The molecule has 0 aliphatic heterocycles. The fourth-order valence-electron chi connectivity index (χ4n) is 5.66. The van der Waals surface area contributed by atoms with E-state index in [9.17, 15) is 19.2 Å². The number of amides is 2. The minimum atomic E-state index is -0.462. The van der Waals surface area contributed by atoms with E-state index in [0.717, 1.165) is 44.3 Å². The third kappa shape index (κ3) is 14.5. The highest BCUT2D eigenvalue weighted by atomic mass is 16.2. The first-order valence-corrected chi connectivity index (χ1v) is 17.9. The molecule has 0 saturated heterocycles. The number of nitrogens with zero attached hydrogens (tertiary/aromatic N) is 2. The summed E-state index contributed by atoms with van der Waals surface area (Å²) in [7, 11) is 3.47. The van der Waals surface area contributed by atoms with Gasteiger partial charge in [-0.05, 0) is 111 Å². The molecule has 2 atom stereocenters. The molecule has 8 heteroatoms. The molecule has 1 aliphatic carbocycles. The largest absolute Gasteiger partial charge is 0.336 e. The first-order chi connectivity index (χ1) is 21.7. The third-order valence-electron chi connectivity index (χ3n) is 9.21. The van der Waals surface area contributed by atoms with Crippen LogP contribution in [-0.2, 0) is 20.9 Å². The fourth-order valence-corrected chi connectivity index (χ4v) is 5.66. The average molecular weight is 671 g/mol. The zero-order valence-corrected chi connectivity index (χ0v) is 33.4. The average Bonchev–Trinajstić information content (AvgIpc) is 2.99. The van der Waals surface area contributed by atoms with Crippen LogP contribution in [-0.4, -0.2) is 77.0 Å². The van der Waals surface area contributed by atoms with E-state index < -0.39 is 16.9 Å². The molecular weight excluding hydrogens is 600 g/mol. The molecular formula is C40H70N4O4. The molecule has 1 aliphatic rings. The zero-order valence-electron chi connectivity index (χ0n) is 33.4. The molecule has 2 N–H and O–H groups in total. The van der Waals surface area contributed by atoms with Crippen LogP contribution < -0.4 is 10.6 Å². The number of hydrogen-bond donors (Lipinski definition) is 2. The van der Waals surface area contributed by atoms with Crippen molar-refractivity contribution in [1.82, 2.24) is 20.4 Å². The number of rotatable bonds is 10. The van der Waals surface area contributed by atoms with Crippen molar-refractivity contribution in [2.75, 3.05) is 20.6 Å². The Morgan fingerprint density at radius 1 is 0.667 bits per heavy atom. The van der Waals surface area contributed by atoms with E-state index in [1.165, 1.54) is 4.90 Å². The van der Waals surface area contributed by atoms with Gasteiger partial charge in [0.25, 0.3) is 5.91 Å². The molecule has 2 rings (SSSR count). The summed E-state index contributed by atoms with van der Waals surface area (Å²) in [4.78, 5) is 53.3. The molecule has 0 heterocycles. The summed E-state index contributed by atoms with van der Waals surface area (Å²) in [5.41, 5.74) is 1.06. The molecule has 1 aromatic carbocycles. The third-order valence-corrected chi connectivity index (χ3v) is 9.21. The van der Waals surface area contributed by atoms with Crippen molar-refractivity contribution in [1.29, 1.82) is 0 Å². The minimum absolute atomic E-state index is 0.0530. The van der Waals surface area contributed by atoms with Crippen molar-refractivity contribution in [3.63, 3.8) is 0 Å². The Morgan fingerprint density at radius 3 is 1.48 bits per heavy atom. The summed E-state index contributed by atoms with van der Waals surface area (Å²) in [6.07, 6.45) is 4.07. The highest BCUT2D eigenvalue weighted by Gasteiger charge is 2.35. The molecule has 0 radical (unpaired) electrons. The second kappa shape index (κ2) is 17.4. The summed E-state index contributed by atoms with van der Waals surface area (Å²) < 4.78 is 0. The van der Waals surface area contributed by atoms with Crippen LogP contribution in [0.4, 0.5) is 0 Å². The van der Waals surface area contributed by atoms with Crippen molar-refractivity contribution in [2.24, 2.45) is 22.7 Å². The Morgan fingerprint density at radius 2 is 1.08 bits per heavy atom. The first kappa shape index (κ1) is 43.4. The normalized spacial score (nSPS) is 18.6. The molecule has 0 aromatic heterocycles. The van der Waals surface area contributed by atoms with Gasteiger partial charge in [0, 0.05) is 54.0 Å². The lowest BCUT2D eigenvalue weighted by molar-refractivity contribution is -0.144. The van der Waals surface area contributed by atoms with Gasteiger partial charge < -0.3 is 20.4 Å². The van der Waals surface area contributed by atoms with Crippen LogP contribution in [0.25, 0.3) is 0 Å². The van der Waals surface area contributed by atoms with Gasteiger partial charge in [0.15, 0.2) is 11.6 Å². The van der Waals surface area contributed by atoms with Gasteiger partial charge in [-0.15, -0.1) is 0 Å². The van der Waals surface area contributed by atoms with Crippen LogP contribution in [0.1, 0.15) is 139 Å².